The van der Waals surface area contributed by atoms with Crippen LogP contribution < -0.4 is 5.73 Å². The minimum Gasteiger partial charge on any atom is -0.325 e. The highest BCUT2D eigenvalue weighted by molar-refractivity contribution is 5.87. The van der Waals surface area contributed by atoms with E-state index in [0.717, 1.165) is 17.0 Å². The molecule has 3 rings (SSSR count). The molecule has 0 saturated carbocycles. The summed E-state index contributed by atoms with van der Waals surface area (Å²) in [6.45, 7) is 2.54. The lowest BCUT2D eigenvalue weighted by atomic mass is 10.0. The van der Waals surface area contributed by atoms with E-state index in [-0.39, 0.29) is 0 Å². The van der Waals surface area contributed by atoms with Gasteiger partial charge in [-0.15, -0.1) is 0 Å². The van der Waals surface area contributed by atoms with Gasteiger partial charge in [0.2, 0.25) is 0 Å². The summed E-state index contributed by atoms with van der Waals surface area (Å²) in [4.78, 5) is 8.44. The standard InChI is InChI=1S/C16H15N3/c1-11-2-3-13-7-14(5-4-12(13)6-11)16-8-15(9-17)18-10-19-16/h2-8,10H,9,17H2,1H3. The molecule has 0 radical (unpaired) electrons. The average molecular weight is 249 g/mol. The van der Waals surface area contributed by atoms with Gasteiger partial charge in [0.15, 0.2) is 0 Å². The van der Waals surface area contributed by atoms with Crippen molar-refractivity contribution in [2.24, 2.45) is 5.73 Å². The zero-order chi connectivity index (χ0) is 13.2. The summed E-state index contributed by atoms with van der Waals surface area (Å²) in [6, 6.07) is 14.8. The van der Waals surface area contributed by atoms with Crippen LogP contribution in [-0.4, -0.2) is 9.97 Å². The smallest absolute Gasteiger partial charge is 0.116 e. The summed E-state index contributed by atoms with van der Waals surface area (Å²) in [5, 5.41) is 2.47. The molecule has 0 atom stereocenters. The Bertz CT molecular complexity index is 735. The predicted octanol–water partition coefficient (Wildman–Crippen LogP) is 3.06. The number of nitrogens with two attached hydrogens (primary N) is 1. The molecule has 0 unspecified atom stereocenters. The van der Waals surface area contributed by atoms with Crippen LogP contribution in [0.15, 0.2) is 48.8 Å². The Morgan fingerprint density at radius 3 is 2.58 bits per heavy atom. The zero-order valence-electron chi connectivity index (χ0n) is 10.8. The van der Waals surface area contributed by atoms with Crippen LogP contribution in [0.4, 0.5) is 0 Å². The molecule has 0 aliphatic carbocycles. The van der Waals surface area contributed by atoms with E-state index in [4.69, 9.17) is 5.73 Å². The number of rotatable bonds is 2. The molecule has 0 saturated heterocycles. The molecule has 0 aliphatic rings. The number of aryl methyl sites for hydroxylation is 1. The van der Waals surface area contributed by atoms with Crippen molar-refractivity contribution in [3.8, 4) is 11.3 Å². The van der Waals surface area contributed by atoms with Crippen LogP contribution in [0.1, 0.15) is 11.3 Å². The van der Waals surface area contributed by atoms with Gasteiger partial charge in [-0.2, -0.15) is 0 Å². The van der Waals surface area contributed by atoms with Crippen molar-refractivity contribution in [1.82, 2.24) is 9.97 Å². The SMILES string of the molecule is Cc1ccc2cc(-c3cc(CN)ncn3)ccc2c1. The minimum atomic E-state index is 0.433. The lowest BCUT2D eigenvalue weighted by molar-refractivity contribution is 0.966. The van der Waals surface area contributed by atoms with Crippen molar-refractivity contribution >= 4 is 10.8 Å². The first kappa shape index (κ1) is 11.8. The molecule has 2 N–H and O–H groups in total. The van der Waals surface area contributed by atoms with Crippen molar-refractivity contribution in [2.75, 3.05) is 0 Å². The third kappa shape index (κ3) is 2.33. The van der Waals surface area contributed by atoms with E-state index in [1.165, 1.54) is 16.3 Å². The Kier molecular flexibility index (Phi) is 2.97. The van der Waals surface area contributed by atoms with Gasteiger partial charge >= 0.3 is 0 Å². The number of aromatic nitrogens is 2. The highest BCUT2D eigenvalue weighted by Crippen LogP contribution is 2.23. The molecule has 0 bridgehead atoms. The first-order chi connectivity index (χ1) is 9.26. The third-order valence-corrected chi connectivity index (χ3v) is 3.22. The molecule has 1 aromatic heterocycles. The second-order valence-corrected chi connectivity index (χ2v) is 4.66. The van der Waals surface area contributed by atoms with Crippen molar-refractivity contribution in [3.63, 3.8) is 0 Å². The molecule has 0 spiro atoms. The summed E-state index contributed by atoms with van der Waals surface area (Å²) in [5.74, 6) is 0. The topological polar surface area (TPSA) is 51.8 Å². The Hall–Kier alpha value is -2.26. The number of benzene rings is 2. The van der Waals surface area contributed by atoms with E-state index in [9.17, 15) is 0 Å². The first-order valence-corrected chi connectivity index (χ1v) is 6.28. The fourth-order valence-corrected chi connectivity index (χ4v) is 2.19. The molecular formula is C16H15N3. The van der Waals surface area contributed by atoms with Crippen LogP contribution in [0, 0.1) is 6.92 Å². The van der Waals surface area contributed by atoms with Gasteiger partial charge in [-0.1, -0.05) is 35.9 Å². The van der Waals surface area contributed by atoms with Gasteiger partial charge < -0.3 is 5.73 Å². The highest BCUT2D eigenvalue weighted by Gasteiger charge is 2.03. The van der Waals surface area contributed by atoms with Crippen molar-refractivity contribution in [2.45, 2.75) is 13.5 Å². The van der Waals surface area contributed by atoms with Gasteiger partial charge in [0, 0.05) is 12.1 Å². The highest BCUT2D eigenvalue weighted by atomic mass is 14.8. The molecule has 94 valence electrons. The fraction of sp³-hybridized carbons (Fsp3) is 0.125. The van der Waals surface area contributed by atoms with Crippen molar-refractivity contribution in [3.05, 3.63) is 60.0 Å². The van der Waals surface area contributed by atoms with Crippen LogP contribution in [-0.2, 0) is 6.54 Å². The number of nitrogens with zero attached hydrogens (tertiary/aromatic N) is 2. The van der Waals surface area contributed by atoms with Gasteiger partial charge in [-0.05, 0) is 29.8 Å². The Morgan fingerprint density at radius 2 is 1.74 bits per heavy atom. The van der Waals surface area contributed by atoms with E-state index in [0.29, 0.717) is 6.54 Å². The molecule has 3 nitrogen and oxygen atoms in total. The fourth-order valence-electron chi connectivity index (χ4n) is 2.19. The maximum absolute atomic E-state index is 5.61. The molecule has 19 heavy (non-hydrogen) atoms. The van der Waals surface area contributed by atoms with Crippen LogP contribution in [0.25, 0.3) is 22.0 Å². The quantitative estimate of drug-likeness (QED) is 0.759. The van der Waals surface area contributed by atoms with E-state index in [1.807, 2.05) is 6.07 Å². The monoisotopic (exact) mass is 249 g/mol. The van der Waals surface area contributed by atoms with Gasteiger partial charge in [-0.25, -0.2) is 9.97 Å². The maximum atomic E-state index is 5.61. The maximum Gasteiger partial charge on any atom is 0.116 e. The second-order valence-electron chi connectivity index (χ2n) is 4.66. The summed E-state index contributed by atoms with van der Waals surface area (Å²) in [5.41, 5.74) is 9.75. The molecular weight excluding hydrogens is 234 g/mol. The zero-order valence-corrected chi connectivity index (χ0v) is 10.8. The largest absolute Gasteiger partial charge is 0.325 e. The summed E-state index contributed by atoms with van der Waals surface area (Å²) >= 11 is 0. The Morgan fingerprint density at radius 1 is 0.947 bits per heavy atom. The molecule has 3 heteroatoms. The Labute approximate surface area is 112 Å². The second kappa shape index (κ2) is 4.78. The number of fused-ring (bicyclic) bond motifs is 1. The number of hydrogen-bond donors (Lipinski definition) is 1. The summed E-state index contributed by atoms with van der Waals surface area (Å²) < 4.78 is 0. The van der Waals surface area contributed by atoms with Crippen molar-refractivity contribution in [1.29, 1.82) is 0 Å². The normalized spacial score (nSPS) is 10.8. The van der Waals surface area contributed by atoms with Gasteiger partial charge in [0.25, 0.3) is 0 Å². The van der Waals surface area contributed by atoms with E-state index >= 15 is 0 Å². The third-order valence-electron chi connectivity index (χ3n) is 3.22. The van der Waals surface area contributed by atoms with E-state index < -0.39 is 0 Å². The number of hydrogen-bond acceptors (Lipinski definition) is 3. The van der Waals surface area contributed by atoms with Crippen LogP contribution in [0.2, 0.25) is 0 Å². The van der Waals surface area contributed by atoms with Crippen LogP contribution in [0.3, 0.4) is 0 Å². The van der Waals surface area contributed by atoms with Gasteiger partial charge in [0.1, 0.15) is 6.33 Å². The summed E-state index contributed by atoms with van der Waals surface area (Å²) in [7, 11) is 0. The van der Waals surface area contributed by atoms with Crippen molar-refractivity contribution < 1.29 is 0 Å². The van der Waals surface area contributed by atoms with E-state index in [1.54, 1.807) is 6.33 Å². The Balaban J connectivity index is 2.12. The van der Waals surface area contributed by atoms with Gasteiger partial charge in [0.05, 0.1) is 11.4 Å². The van der Waals surface area contributed by atoms with Crippen LogP contribution >= 0.6 is 0 Å². The lowest BCUT2D eigenvalue weighted by Crippen LogP contribution is -2.00. The molecule has 0 fully saturated rings. The predicted molar refractivity (Wildman–Crippen MR) is 77.6 cm³/mol. The average Bonchev–Trinajstić information content (AvgIpc) is 2.46. The molecule has 1 heterocycles. The summed E-state index contributed by atoms with van der Waals surface area (Å²) in [6.07, 6.45) is 1.57. The van der Waals surface area contributed by atoms with Gasteiger partial charge in [-0.3, -0.25) is 0 Å². The molecule has 0 aliphatic heterocycles. The van der Waals surface area contributed by atoms with Crippen LogP contribution in [0.5, 0.6) is 0 Å². The van der Waals surface area contributed by atoms with E-state index in [2.05, 4.69) is 53.3 Å². The minimum absolute atomic E-state index is 0.433. The lowest BCUT2D eigenvalue weighted by Gasteiger charge is -2.05. The molecule has 3 aromatic rings. The molecule has 0 amide bonds. The molecule has 2 aromatic carbocycles. The first-order valence-electron chi connectivity index (χ1n) is 6.28.